The first-order chi connectivity index (χ1) is 10.1. The summed E-state index contributed by atoms with van der Waals surface area (Å²) in [5, 5.41) is 0.793. The molecule has 0 spiro atoms. The fraction of sp³-hybridized carbons (Fsp3) is 0.611. The van der Waals surface area contributed by atoms with E-state index in [0.29, 0.717) is 23.8 Å². The summed E-state index contributed by atoms with van der Waals surface area (Å²) >= 11 is 6.01. The van der Waals surface area contributed by atoms with Crippen LogP contribution in [0.4, 0.5) is 0 Å². The Morgan fingerprint density at radius 1 is 1.14 bits per heavy atom. The molecule has 3 heteroatoms. The molecule has 0 radical (unpaired) electrons. The van der Waals surface area contributed by atoms with Crippen LogP contribution in [0.25, 0.3) is 0 Å². The number of carbonyl (C=O) groups is 1. The van der Waals surface area contributed by atoms with E-state index in [2.05, 4.69) is 24.0 Å². The third kappa shape index (κ3) is 2.24. The maximum atomic E-state index is 12.7. The van der Waals surface area contributed by atoms with Crippen molar-refractivity contribution in [3.05, 3.63) is 34.9 Å². The van der Waals surface area contributed by atoms with Gasteiger partial charge in [0.15, 0.2) is 0 Å². The molecular formula is C18H22ClNO. The van der Waals surface area contributed by atoms with Gasteiger partial charge in [0.1, 0.15) is 5.78 Å². The Bertz CT molecular complexity index is 555. The minimum absolute atomic E-state index is 0.218. The predicted molar refractivity (Wildman–Crippen MR) is 84.6 cm³/mol. The third-order valence-electron chi connectivity index (χ3n) is 5.93. The standard InChI is InChI=1S/C18H22ClNO/c1-11-10-20-15-6-7-17(20)16(18(11)21)9-13(8-15)12-2-4-14(19)5-3-12/h2-5,11,13,15-17H,6-10H2,1H3/t11?,13-,15?,16?,17?/m0/s1. The van der Waals surface area contributed by atoms with Crippen molar-refractivity contribution in [2.45, 2.75) is 50.6 Å². The molecule has 5 unspecified atom stereocenters. The molecule has 3 fully saturated rings. The van der Waals surface area contributed by atoms with Crippen LogP contribution in [0.2, 0.25) is 5.02 Å². The number of piperidine rings is 1. The third-order valence-corrected chi connectivity index (χ3v) is 6.18. The van der Waals surface area contributed by atoms with Crippen LogP contribution in [0.5, 0.6) is 0 Å². The summed E-state index contributed by atoms with van der Waals surface area (Å²) < 4.78 is 0. The van der Waals surface area contributed by atoms with E-state index in [-0.39, 0.29) is 11.8 Å². The lowest BCUT2D eigenvalue weighted by atomic mass is 9.76. The van der Waals surface area contributed by atoms with Gasteiger partial charge in [-0.25, -0.2) is 0 Å². The number of hydrogen-bond donors (Lipinski definition) is 0. The molecule has 6 atom stereocenters. The van der Waals surface area contributed by atoms with E-state index in [1.165, 1.54) is 24.8 Å². The highest BCUT2D eigenvalue weighted by atomic mass is 35.5. The molecule has 21 heavy (non-hydrogen) atoms. The number of Topliss-reactive ketones (excluding diaryl/α,β-unsaturated/α-hetero) is 1. The van der Waals surface area contributed by atoms with Gasteiger partial charge in [-0.2, -0.15) is 0 Å². The van der Waals surface area contributed by atoms with Crippen LogP contribution in [-0.2, 0) is 4.79 Å². The quantitative estimate of drug-likeness (QED) is 0.784. The van der Waals surface area contributed by atoms with Crippen LogP contribution >= 0.6 is 11.6 Å². The lowest BCUT2D eigenvalue weighted by Gasteiger charge is -2.39. The zero-order valence-electron chi connectivity index (χ0n) is 12.5. The lowest BCUT2D eigenvalue weighted by molar-refractivity contribution is -0.133. The van der Waals surface area contributed by atoms with E-state index in [9.17, 15) is 4.79 Å². The van der Waals surface area contributed by atoms with E-state index >= 15 is 0 Å². The van der Waals surface area contributed by atoms with Gasteiger partial charge in [-0.3, -0.25) is 9.69 Å². The Hall–Kier alpha value is -0.860. The predicted octanol–water partition coefficient (Wildman–Crippen LogP) is 3.89. The molecule has 112 valence electrons. The largest absolute Gasteiger partial charge is 0.299 e. The zero-order valence-corrected chi connectivity index (χ0v) is 13.2. The molecule has 0 saturated carbocycles. The molecular weight excluding hydrogens is 282 g/mol. The smallest absolute Gasteiger partial charge is 0.141 e. The SMILES string of the molecule is CC1CN2C3CCC2C(C[C@@H](c2ccc(Cl)cc2)C3)C1=O. The van der Waals surface area contributed by atoms with E-state index < -0.39 is 0 Å². The lowest BCUT2D eigenvalue weighted by Crippen LogP contribution is -2.51. The Morgan fingerprint density at radius 2 is 1.90 bits per heavy atom. The Labute approximate surface area is 131 Å². The van der Waals surface area contributed by atoms with Gasteiger partial charge in [0.05, 0.1) is 0 Å². The van der Waals surface area contributed by atoms with Crippen LogP contribution in [0.15, 0.2) is 24.3 Å². The molecule has 4 bridgehead atoms. The highest BCUT2D eigenvalue weighted by Gasteiger charge is 2.50. The molecule has 3 heterocycles. The van der Waals surface area contributed by atoms with E-state index in [1.807, 2.05) is 12.1 Å². The first-order valence-electron chi connectivity index (χ1n) is 8.18. The molecule has 3 saturated heterocycles. The second kappa shape index (κ2) is 5.10. The molecule has 1 aromatic rings. The summed E-state index contributed by atoms with van der Waals surface area (Å²) in [6.45, 7) is 3.10. The fourth-order valence-corrected chi connectivity index (χ4v) is 5.03. The maximum absolute atomic E-state index is 12.7. The molecule has 1 aromatic carbocycles. The molecule has 0 N–H and O–H groups in total. The molecule has 3 aliphatic rings. The summed E-state index contributed by atoms with van der Waals surface area (Å²) in [6.07, 6.45) is 4.73. The van der Waals surface area contributed by atoms with Crippen molar-refractivity contribution in [3.63, 3.8) is 0 Å². The Kier molecular flexibility index (Phi) is 3.35. The normalized spacial score (nSPS) is 41.9. The molecule has 3 aliphatic heterocycles. The van der Waals surface area contributed by atoms with Gasteiger partial charge >= 0.3 is 0 Å². The van der Waals surface area contributed by atoms with Gasteiger partial charge in [0, 0.05) is 35.5 Å². The number of nitrogens with zero attached hydrogens (tertiary/aromatic N) is 1. The van der Waals surface area contributed by atoms with Crippen molar-refractivity contribution in [1.29, 1.82) is 0 Å². The van der Waals surface area contributed by atoms with Crippen molar-refractivity contribution in [3.8, 4) is 0 Å². The van der Waals surface area contributed by atoms with Crippen LogP contribution in [0.3, 0.4) is 0 Å². The maximum Gasteiger partial charge on any atom is 0.141 e. The van der Waals surface area contributed by atoms with E-state index in [0.717, 1.165) is 18.0 Å². The number of benzene rings is 1. The van der Waals surface area contributed by atoms with Crippen LogP contribution in [0.1, 0.15) is 44.1 Å². The van der Waals surface area contributed by atoms with Crippen molar-refractivity contribution >= 4 is 17.4 Å². The van der Waals surface area contributed by atoms with Crippen molar-refractivity contribution < 1.29 is 4.79 Å². The molecule has 0 aliphatic carbocycles. The Balaban J connectivity index is 1.67. The minimum Gasteiger partial charge on any atom is -0.299 e. The first kappa shape index (κ1) is 13.8. The average Bonchev–Trinajstić information content (AvgIpc) is 2.78. The second-order valence-corrected chi connectivity index (χ2v) is 7.56. The summed E-state index contributed by atoms with van der Waals surface area (Å²) in [4.78, 5) is 15.3. The number of halogens is 1. The fourth-order valence-electron chi connectivity index (χ4n) is 4.91. The first-order valence-corrected chi connectivity index (χ1v) is 8.56. The van der Waals surface area contributed by atoms with Gasteiger partial charge in [-0.05, 0) is 49.3 Å². The van der Waals surface area contributed by atoms with E-state index in [4.69, 9.17) is 11.6 Å². The van der Waals surface area contributed by atoms with Gasteiger partial charge in [-0.1, -0.05) is 30.7 Å². The summed E-state index contributed by atoms with van der Waals surface area (Å²) in [7, 11) is 0. The molecule has 2 nitrogen and oxygen atoms in total. The van der Waals surface area contributed by atoms with Crippen molar-refractivity contribution in [1.82, 2.24) is 4.90 Å². The van der Waals surface area contributed by atoms with Gasteiger partial charge in [-0.15, -0.1) is 0 Å². The number of ketones is 1. The highest BCUT2D eigenvalue weighted by molar-refractivity contribution is 6.30. The van der Waals surface area contributed by atoms with Gasteiger partial charge < -0.3 is 0 Å². The topological polar surface area (TPSA) is 20.3 Å². The summed E-state index contributed by atoms with van der Waals surface area (Å²) in [5.41, 5.74) is 1.36. The highest BCUT2D eigenvalue weighted by Crippen LogP contribution is 2.47. The van der Waals surface area contributed by atoms with Gasteiger partial charge in [0.25, 0.3) is 0 Å². The average molecular weight is 304 g/mol. The summed E-state index contributed by atoms with van der Waals surface area (Å²) in [5.74, 6) is 1.50. The Morgan fingerprint density at radius 3 is 2.67 bits per heavy atom. The van der Waals surface area contributed by atoms with Crippen molar-refractivity contribution in [2.75, 3.05) is 6.54 Å². The minimum atomic E-state index is 0.218. The number of hydrogen-bond acceptors (Lipinski definition) is 2. The molecule has 0 aromatic heterocycles. The monoisotopic (exact) mass is 303 g/mol. The summed E-state index contributed by atoms with van der Waals surface area (Å²) in [6, 6.07) is 9.47. The van der Waals surface area contributed by atoms with Crippen LogP contribution in [-0.4, -0.2) is 29.3 Å². The van der Waals surface area contributed by atoms with Crippen molar-refractivity contribution in [2.24, 2.45) is 11.8 Å². The van der Waals surface area contributed by atoms with Crippen LogP contribution in [0, 0.1) is 11.8 Å². The van der Waals surface area contributed by atoms with E-state index in [1.54, 1.807) is 0 Å². The molecule has 0 amide bonds. The number of rotatable bonds is 1. The number of carbonyl (C=O) groups excluding carboxylic acids is 1. The second-order valence-electron chi connectivity index (χ2n) is 7.13. The van der Waals surface area contributed by atoms with Gasteiger partial charge in [0.2, 0.25) is 0 Å². The van der Waals surface area contributed by atoms with Crippen LogP contribution < -0.4 is 0 Å². The zero-order chi connectivity index (χ0) is 14.6. The molecule has 4 rings (SSSR count).